The van der Waals surface area contributed by atoms with Crippen LogP contribution in [0.1, 0.15) is 40.5 Å². The Kier molecular flexibility index (Phi) is 7.46. The average molecular weight is 338 g/mol. The maximum Gasteiger partial charge on any atom is 0.281 e. The lowest BCUT2D eigenvalue weighted by Crippen LogP contribution is -2.44. The van der Waals surface area contributed by atoms with E-state index in [1.165, 1.54) is 4.31 Å². The molecular formula is C14H31N3O2S2. The van der Waals surface area contributed by atoms with Crippen molar-refractivity contribution in [2.45, 2.75) is 51.3 Å². The van der Waals surface area contributed by atoms with Crippen LogP contribution in [0, 0.1) is 0 Å². The number of rotatable bonds is 7. The zero-order valence-electron chi connectivity index (χ0n) is 14.1. The van der Waals surface area contributed by atoms with Crippen LogP contribution in [0.15, 0.2) is 0 Å². The van der Waals surface area contributed by atoms with Crippen LogP contribution in [0.2, 0.25) is 0 Å². The summed E-state index contributed by atoms with van der Waals surface area (Å²) < 4.78 is 28.5. The predicted octanol–water partition coefficient (Wildman–Crippen LogP) is 1.77. The molecule has 0 saturated carbocycles. The molecular weight excluding hydrogens is 306 g/mol. The normalized spacial score (nSPS) is 20.9. The van der Waals surface area contributed by atoms with Gasteiger partial charge in [0.2, 0.25) is 0 Å². The lowest BCUT2D eigenvalue weighted by molar-refractivity contribution is 0.358. The van der Waals surface area contributed by atoms with Crippen molar-refractivity contribution < 1.29 is 8.42 Å². The van der Waals surface area contributed by atoms with Crippen molar-refractivity contribution in [3.8, 4) is 0 Å². The van der Waals surface area contributed by atoms with Crippen molar-refractivity contribution in [1.29, 1.82) is 0 Å². The van der Waals surface area contributed by atoms with Gasteiger partial charge < -0.3 is 5.32 Å². The highest BCUT2D eigenvalue weighted by molar-refractivity contribution is 8.00. The fourth-order valence-electron chi connectivity index (χ4n) is 2.24. The number of hydrogen-bond donors (Lipinski definition) is 1. The molecule has 1 fully saturated rings. The van der Waals surface area contributed by atoms with Crippen LogP contribution >= 0.6 is 11.8 Å². The summed E-state index contributed by atoms with van der Waals surface area (Å²) in [5.41, 5.74) is 0. The fraction of sp³-hybridized carbons (Fsp3) is 1.00. The molecule has 21 heavy (non-hydrogen) atoms. The van der Waals surface area contributed by atoms with Gasteiger partial charge in [-0.2, -0.15) is 28.8 Å². The molecule has 1 saturated heterocycles. The maximum absolute atomic E-state index is 12.6. The van der Waals surface area contributed by atoms with E-state index in [1.54, 1.807) is 11.4 Å². The first-order chi connectivity index (χ1) is 9.65. The second-order valence-electron chi connectivity index (χ2n) is 6.55. The summed E-state index contributed by atoms with van der Waals surface area (Å²) in [5.74, 6) is 0.870. The van der Waals surface area contributed by atoms with E-state index in [0.717, 1.165) is 25.1 Å². The molecule has 7 heteroatoms. The quantitative estimate of drug-likeness (QED) is 0.720. The molecule has 0 bridgehead atoms. The maximum atomic E-state index is 12.6. The highest BCUT2D eigenvalue weighted by Gasteiger charge is 2.31. The smallest absolute Gasteiger partial charge is 0.281 e. The van der Waals surface area contributed by atoms with Crippen molar-refractivity contribution in [3.63, 3.8) is 0 Å². The third-order valence-electron chi connectivity index (χ3n) is 3.72. The number of nitrogens with one attached hydrogen (secondary N) is 1. The van der Waals surface area contributed by atoms with Crippen LogP contribution < -0.4 is 5.32 Å². The van der Waals surface area contributed by atoms with E-state index in [9.17, 15) is 8.42 Å². The molecule has 1 N–H and O–H groups in total. The van der Waals surface area contributed by atoms with Crippen molar-refractivity contribution in [2.24, 2.45) is 0 Å². The highest BCUT2D eigenvalue weighted by atomic mass is 32.2. The van der Waals surface area contributed by atoms with E-state index >= 15 is 0 Å². The van der Waals surface area contributed by atoms with Gasteiger partial charge in [0.15, 0.2) is 0 Å². The highest BCUT2D eigenvalue weighted by Crippen LogP contribution is 2.31. The first-order valence-electron chi connectivity index (χ1n) is 7.74. The van der Waals surface area contributed by atoms with Crippen molar-refractivity contribution >= 4 is 22.0 Å². The summed E-state index contributed by atoms with van der Waals surface area (Å²) in [6, 6.07) is 0.441. The van der Waals surface area contributed by atoms with E-state index < -0.39 is 10.2 Å². The zero-order valence-corrected chi connectivity index (χ0v) is 15.7. The molecule has 5 nitrogen and oxygen atoms in total. The second kappa shape index (κ2) is 8.15. The molecule has 0 radical (unpaired) electrons. The molecule has 0 aliphatic carbocycles. The molecule has 1 rings (SSSR count). The molecule has 0 unspecified atom stereocenters. The van der Waals surface area contributed by atoms with Gasteiger partial charge in [0, 0.05) is 43.2 Å². The third kappa shape index (κ3) is 6.44. The van der Waals surface area contributed by atoms with E-state index in [4.69, 9.17) is 0 Å². The van der Waals surface area contributed by atoms with Gasteiger partial charge in [-0.1, -0.05) is 27.7 Å². The summed E-state index contributed by atoms with van der Waals surface area (Å²) in [6.45, 7) is 11.2. The summed E-state index contributed by atoms with van der Waals surface area (Å²) >= 11 is 1.86. The van der Waals surface area contributed by atoms with Crippen LogP contribution in [0.4, 0.5) is 0 Å². The molecule has 1 heterocycles. The summed E-state index contributed by atoms with van der Waals surface area (Å²) in [7, 11) is -1.62. The number of thioether (sulfide) groups is 1. The molecule has 126 valence electrons. The van der Waals surface area contributed by atoms with E-state index in [2.05, 4.69) is 33.0 Å². The Bertz CT molecular complexity index is 410. The summed E-state index contributed by atoms with van der Waals surface area (Å²) in [5, 5.41) is 3.31. The lowest BCUT2D eigenvalue weighted by Gasteiger charge is -2.27. The van der Waals surface area contributed by atoms with E-state index in [-0.39, 0.29) is 4.75 Å². The Morgan fingerprint density at radius 1 is 1.33 bits per heavy atom. The predicted molar refractivity (Wildman–Crippen MR) is 92.0 cm³/mol. The van der Waals surface area contributed by atoms with Gasteiger partial charge in [-0.3, -0.25) is 0 Å². The van der Waals surface area contributed by atoms with Crippen molar-refractivity contribution in [3.05, 3.63) is 0 Å². The minimum absolute atomic E-state index is 0.171. The minimum atomic E-state index is -3.31. The molecule has 0 aromatic rings. The van der Waals surface area contributed by atoms with Crippen LogP contribution in [0.5, 0.6) is 0 Å². The second-order valence-corrected chi connectivity index (χ2v) is 10.4. The van der Waals surface area contributed by atoms with Gasteiger partial charge >= 0.3 is 0 Å². The van der Waals surface area contributed by atoms with Crippen LogP contribution in [-0.2, 0) is 10.2 Å². The van der Waals surface area contributed by atoms with Crippen molar-refractivity contribution in [1.82, 2.24) is 13.9 Å². The topological polar surface area (TPSA) is 52.7 Å². The van der Waals surface area contributed by atoms with E-state index in [0.29, 0.717) is 25.7 Å². The standard InChI is InChI=1S/C14H31N3O2S2/c1-13(2)15-8-6-9-16(5)21(18,19)17-10-7-14(3,4)20-12-11-17/h13,15H,6-12H2,1-5H3. The Morgan fingerprint density at radius 3 is 2.62 bits per heavy atom. The summed E-state index contributed by atoms with van der Waals surface area (Å²) in [6.07, 6.45) is 1.74. The number of nitrogens with zero attached hydrogens (tertiary/aromatic N) is 2. The third-order valence-corrected chi connectivity index (χ3v) is 7.08. The van der Waals surface area contributed by atoms with E-state index in [1.807, 2.05) is 11.8 Å². The summed E-state index contributed by atoms with van der Waals surface area (Å²) in [4.78, 5) is 0. The zero-order chi connectivity index (χ0) is 16.1. The Balaban J connectivity index is 2.51. The monoisotopic (exact) mass is 337 g/mol. The molecule has 0 amide bonds. The van der Waals surface area contributed by atoms with Crippen molar-refractivity contribution in [2.75, 3.05) is 39.0 Å². The van der Waals surface area contributed by atoms with Crippen LogP contribution in [0.3, 0.4) is 0 Å². The van der Waals surface area contributed by atoms with Crippen LogP contribution in [0.25, 0.3) is 0 Å². The molecule has 0 spiro atoms. The van der Waals surface area contributed by atoms with Gasteiger partial charge in [-0.15, -0.1) is 0 Å². The van der Waals surface area contributed by atoms with Gasteiger partial charge in [-0.25, -0.2) is 0 Å². The van der Waals surface area contributed by atoms with Gasteiger partial charge in [-0.05, 0) is 19.4 Å². The fourth-order valence-corrected chi connectivity index (χ4v) is 4.85. The molecule has 1 aliphatic heterocycles. The molecule has 0 atom stereocenters. The molecule has 0 aromatic heterocycles. The van der Waals surface area contributed by atoms with Gasteiger partial charge in [0.1, 0.15) is 0 Å². The number of hydrogen-bond acceptors (Lipinski definition) is 4. The lowest BCUT2D eigenvalue weighted by atomic mass is 10.1. The van der Waals surface area contributed by atoms with Crippen LogP contribution in [-0.4, -0.2) is 66.8 Å². The average Bonchev–Trinajstić information content (AvgIpc) is 2.55. The molecule has 0 aromatic carbocycles. The first kappa shape index (κ1) is 19.2. The molecule has 1 aliphatic rings. The van der Waals surface area contributed by atoms with Gasteiger partial charge in [0.05, 0.1) is 0 Å². The minimum Gasteiger partial charge on any atom is -0.314 e. The van der Waals surface area contributed by atoms with Gasteiger partial charge in [0.25, 0.3) is 10.2 Å². The Hall–Kier alpha value is 0.180. The Morgan fingerprint density at radius 2 is 2.00 bits per heavy atom. The first-order valence-corrected chi connectivity index (χ1v) is 10.1. The Labute approximate surface area is 135 Å². The largest absolute Gasteiger partial charge is 0.314 e. The SMILES string of the molecule is CC(C)NCCCN(C)S(=O)(=O)N1CCSC(C)(C)CC1.